The molecule has 1 unspecified atom stereocenters. The Kier molecular flexibility index (Phi) is 10.5. The molecule has 45 heavy (non-hydrogen) atoms. The number of quaternary nitrogens is 1. The summed E-state index contributed by atoms with van der Waals surface area (Å²) in [6.07, 6.45) is 3.27. The third kappa shape index (κ3) is 8.07. The summed E-state index contributed by atoms with van der Waals surface area (Å²) < 4.78 is 6.38. The summed E-state index contributed by atoms with van der Waals surface area (Å²) in [6, 6.07) is 10.6. The fraction of sp³-hybridized carbons (Fsp3) is 0.429. The fourth-order valence-corrected chi connectivity index (χ4v) is 6.08. The number of aliphatic hydroxyl groups is 3. The van der Waals surface area contributed by atoms with Gasteiger partial charge in [-0.25, -0.2) is 0 Å². The SMILES string of the molecule is CCC[C@H](O)C[C@@H](O)CC(=O)CCc1ccc(O)c(O[C@@H]2CC#C[C@H](O)c3ccc(C(N)N)cc3CC3=C4C[NH+]2C=C4N=C3)c1. The van der Waals surface area contributed by atoms with Gasteiger partial charge in [-0.2, -0.15) is 0 Å². The van der Waals surface area contributed by atoms with Gasteiger partial charge in [0, 0.05) is 24.6 Å². The van der Waals surface area contributed by atoms with E-state index in [1.54, 1.807) is 18.2 Å². The predicted octanol–water partition coefficient (Wildman–Crippen LogP) is 1.62. The van der Waals surface area contributed by atoms with Crippen LogP contribution in [0.15, 0.2) is 64.4 Å². The van der Waals surface area contributed by atoms with E-state index in [2.05, 4.69) is 16.8 Å². The first kappa shape index (κ1) is 32.6. The van der Waals surface area contributed by atoms with E-state index >= 15 is 0 Å². The van der Waals surface area contributed by atoms with Crippen LogP contribution < -0.4 is 21.1 Å². The zero-order valence-electron chi connectivity index (χ0n) is 25.6. The highest BCUT2D eigenvalue weighted by Crippen LogP contribution is 2.31. The van der Waals surface area contributed by atoms with Crippen LogP contribution in [0, 0.1) is 11.8 Å². The number of hydrogen-bond acceptors (Lipinski definition) is 9. The van der Waals surface area contributed by atoms with Gasteiger partial charge in [-0.05, 0) is 65.6 Å². The highest BCUT2D eigenvalue weighted by atomic mass is 16.5. The molecule has 3 aliphatic rings. The van der Waals surface area contributed by atoms with Gasteiger partial charge in [0.05, 0.1) is 18.4 Å². The quantitative estimate of drug-likeness (QED) is 0.139. The number of ether oxygens (including phenoxy) is 1. The average molecular weight is 616 g/mol. The maximum atomic E-state index is 12.5. The minimum absolute atomic E-state index is 0.00564. The van der Waals surface area contributed by atoms with Crippen molar-refractivity contribution in [3.05, 3.63) is 81.7 Å². The van der Waals surface area contributed by atoms with Crippen molar-refractivity contribution in [3.63, 3.8) is 0 Å². The second-order valence-corrected chi connectivity index (χ2v) is 12.1. The monoisotopic (exact) mass is 615 g/mol. The molecule has 2 aromatic rings. The number of aliphatic hydroxyl groups excluding tert-OH is 3. The number of nitrogens with one attached hydrogen (secondary N) is 1. The van der Waals surface area contributed by atoms with E-state index in [1.165, 1.54) is 0 Å². The number of carbonyl (C=O) groups is 1. The van der Waals surface area contributed by atoms with Crippen molar-refractivity contribution in [2.75, 3.05) is 6.54 Å². The smallest absolute Gasteiger partial charge is 0.247 e. The molecule has 3 heterocycles. The molecule has 9 N–H and O–H groups in total. The van der Waals surface area contributed by atoms with Gasteiger partial charge in [0.2, 0.25) is 6.23 Å². The molecule has 0 saturated carbocycles. The number of aliphatic imine (C=N–C) groups is 1. The van der Waals surface area contributed by atoms with Crippen LogP contribution in [-0.2, 0) is 17.6 Å². The Morgan fingerprint density at radius 2 is 2.00 bits per heavy atom. The van der Waals surface area contributed by atoms with Gasteiger partial charge in [0.1, 0.15) is 36.7 Å². The van der Waals surface area contributed by atoms with Gasteiger partial charge in [-0.3, -0.25) is 14.7 Å². The normalized spacial score (nSPS) is 21.8. The number of fused-ring (bicyclic) bond motifs is 2. The standard InChI is InChI=1S/C35H42N4O6/c1-2-4-25(40)16-27(42)17-26(41)10-7-21-8-12-32(44)33(13-21)45-34-6-3-5-31(43)28-11-9-22(35(36)37)14-23(28)15-24-18-38-30-20-39(34)19-29(24)30/h8-9,11-14,18,20,25,27,31,34-35,40,42-44H,2,4,6-7,10,15-17,19,36-37H2,1H3/p+1/t25-,27+,31-,34+/m0/s1. The van der Waals surface area contributed by atoms with Crippen LogP contribution in [0.25, 0.3) is 0 Å². The number of phenols is 1. The first-order valence-corrected chi connectivity index (χ1v) is 15.6. The largest absolute Gasteiger partial charge is 0.504 e. The van der Waals surface area contributed by atoms with Crippen LogP contribution in [0.1, 0.15) is 80.0 Å². The lowest BCUT2D eigenvalue weighted by molar-refractivity contribution is -0.885. The number of ketones is 1. The van der Waals surface area contributed by atoms with Crippen LogP contribution in [0.3, 0.4) is 0 Å². The van der Waals surface area contributed by atoms with Crippen molar-refractivity contribution in [1.29, 1.82) is 0 Å². The van der Waals surface area contributed by atoms with E-state index in [1.807, 2.05) is 37.5 Å². The van der Waals surface area contributed by atoms with Gasteiger partial charge in [-0.1, -0.05) is 49.5 Å². The van der Waals surface area contributed by atoms with Gasteiger partial charge in [-0.15, -0.1) is 0 Å². The summed E-state index contributed by atoms with van der Waals surface area (Å²) in [7, 11) is 0. The summed E-state index contributed by atoms with van der Waals surface area (Å²) in [5.41, 5.74) is 18.0. The lowest BCUT2D eigenvalue weighted by atomic mass is 9.92. The van der Waals surface area contributed by atoms with Gasteiger partial charge < -0.3 is 36.6 Å². The Hall–Kier alpha value is -3.82. The zero-order chi connectivity index (χ0) is 32.1. The van der Waals surface area contributed by atoms with E-state index in [-0.39, 0.29) is 43.0 Å². The molecule has 0 saturated heterocycles. The molecule has 5 atom stereocenters. The molecule has 0 radical (unpaired) electrons. The molecule has 5 rings (SSSR count). The molecule has 238 valence electrons. The predicted molar refractivity (Wildman–Crippen MR) is 170 cm³/mol. The highest BCUT2D eigenvalue weighted by molar-refractivity contribution is 5.87. The maximum absolute atomic E-state index is 12.5. The number of Topliss-reactive ketones (excluding diaryl/α,β-unsaturated/α-hetero) is 1. The minimum atomic E-state index is -1.02. The van der Waals surface area contributed by atoms with E-state index in [9.17, 15) is 25.2 Å². The molecule has 10 nitrogen and oxygen atoms in total. The van der Waals surface area contributed by atoms with Crippen molar-refractivity contribution in [2.24, 2.45) is 16.5 Å². The van der Waals surface area contributed by atoms with E-state index < -0.39 is 30.7 Å². The summed E-state index contributed by atoms with van der Waals surface area (Å²) >= 11 is 0. The molecular weight excluding hydrogens is 572 g/mol. The van der Waals surface area contributed by atoms with E-state index in [4.69, 9.17) is 16.2 Å². The maximum Gasteiger partial charge on any atom is 0.247 e. The number of allylic oxidation sites excluding steroid dienone is 1. The Balaban J connectivity index is 1.32. The number of nitrogens with two attached hydrogens (primary N) is 2. The number of aryl methyl sites for hydroxylation is 1. The molecule has 10 heteroatoms. The zero-order valence-corrected chi connectivity index (χ0v) is 25.6. The number of rotatable bonds is 12. The van der Waals surface area contributed by atoms with E-state index in [0.29, 0.717) is 31.4 Å². The first-order chi connectivity index (χ1) is 21.6. The molecular formula is C35H43N4O6+. The summed E-state index contributed by atoms with van der Waals surface area (Å²) in [6.45, 7) is 2.58. The Morgan fingerprint density at radius 3 is 2.78 bits per heavy atom. The Morgan fingerprint density at radius 1 is 1.18 bits per heavy atom. The molecule has 0 aromatic heterocycles. The fourth-order valence-electron chi connectivity index (χ4n) is 6.08. The lowest BCUT2D eigenvalue weighted by Crippen LogP contribution is -3.11. The average Bonchev–Trinajstić information content (AvgIpc) is 3.58. The number of benzene rings is 2. The van der Waals surface area contributed by atoms with Crippen LogP contribution >= 0.6 is 0 Å². The van der Waals surface area contributed by atoms with Crippen molar-refractivity contribution >= 4 is 12.0 Å². The second-order valence-electron chi connectivity index (χ2n) is 12.1. The van der Waals surface area contributed by atoms with Crippen molar-refractivity contribution in [3.8, 4) is 23.3 Å². The van der Waals surface area contributed by atoms with Crippen LogP contribution in [-0.4, -0.2) is 57.4 Å². The van der Waals surface area contributed by atoms with E-state index in [0.717, 1.165) is 44.9 Å². The lowest BCUT2D eigenvalue weighted by Gasteiger charge is -2.23. The van der Waals surface area contributed by atoms with Crippen LogP contribution in [0.5, 0.6) is 11.5 Å². The van der Waals surface area contributed by atoms with Crippen molar-refractivity contribution in [2.45, 2.75) is 89.0 Å². The third-order valence-corrected chi connectivity index (χ3v) is 8.54. The molecule has 3 aliphatic heterocycles. The Bertz CT molecular complexity index is 1570. The number of nitrogens with zero attached hydrogens (tertiary/aromatic N) is 1. The van der Waals surface area contributed by atoms with Gasteiger partial charge >= 0.3 is 0 Å². The Labute approximate surface area is 263 Å². The summed E-state index contributed by atoms with van der Waals surface area (Å²) in [5.74, 6) is 6.21. The second kappa shape index (κ2) is 14.5. The molecule has 2 aromatic carbocycles. The third-order valence-electron chi connectivity index (χ3n) is 8.54. The van der Waals surface area contributed by atoms with Crippen molar-refractivity contribution < 1.29 is 34.9 Å². The molecule has 0 spiro atoms. The number of hydrogen-bond donors (Lipinski definition) is 7. The molecule has 0 fully saturated rings. The van der Waals surface area contributed by atoms with Crippen molar-refractivity contribution in [1.82, 2.24) is 0 Å². The van der Waals surface area contributed by atoms with Gasteiger partial charge in [0.25, 0.3) is 0 Å². The van der Waals surface area contributed by atoms with Crippen LogP contribution in [0.2, 0.25) is 0 Å². The number of aromatic hydroxyl groups is 1. The number of phenolic OH excluding ortho intramolecular Hbond substituents is 1. The molecule has 0 aliphatic carbocycles. The molecule has 0 amide bonds. The summed E-state index contributed by atoms with van der Waals surface area (Å²) in [4.78, 5) is 18.1. The topological polar surface area (TPSA) is 176 Å². The summed E-state index contributed by atoms with van der Waals surface area (Å²) in [5, 5.41) is 41.8. The van der Waals surface area contributed by atoms with Gasteiger partial charge in [0.15, 0.2) is 11.5 Å². The first-order valence-electron chi connectivity index (χ1n) is 15.6. The minimum Gasteiger partial charge on any atom is -0.504 e. The van der Waals surface area contributed by atoms with Crippen LogP contribution in [0.4, 0.5) is 0 Å². The number of carbonyl (C=O) groups excluding carboxylic acids is 1. The molecule has 2 bridgehead atoms. The highest BCUT2D eigenvalue weighted by Gasteiger charge is 2.35.